The van der Waals surface area contributed by atoms with Crippen LogP contribution in [0.15, 0.2) is 11.8 Å². The Hall–Kier alpha value is -0.190. The van der Waals surface area contributed by atoms with Crippen LogP contribution in [-0.2, 0) is 4.74 Å². The molecule has 0 aromatic heterocycles. The molecule has 15 heavy (non-hydrogen) atoms. The number of hydrazine groups is 1. The molecule has 4 heteroatoms. The van der Waals surface area contributed by atoms with Gasteiger partial charge in [-0.05, 0) is 43.9 Å². The summed E-state index contributed by atoms with van der Waals surface area (Å²) in [6.07, 6.45) is 6.69. The van der Waals surface area contributed by atoms with Crippen LogP contribution in [0.25, 0.3) is 0 Å². The second-order valence-electron chi connectivity index (χ2n) is 4.53. The SMILES string of the molecule is CC1(C(NN)C2=COCCC2)CCCS1. The smallest absolute Gasteiger partial charge is 0.0876 e. The molecule has 2 aliphatic heterocycles. The van der Waals surface area contributed by atoms with Crippen LogP contribution in [0.3, 0.4) is 0 Å². The van der Waals surface area contributed by atoms with Gasteiger partial charge in [-0.15, -0.1) is 0 Å². The van der Waals surface area contributed by atoms with Gasteiger partial charge in [-0.1, -0.05) is 0 Å². The minimum Gasteiger partial charge on any atom is -0.501 e. The third kappa shape index (κ3) is 2.32. The van der Waals surface area contributed by atoms with Crippen LogP contribution in [-0.4, -0.2) is 23.1 Å². The highest BCUT2D eigenvalue weighted by atomic mass is 32.2. The zero-order chi connectivity index (χ0) is 10.7. The van der Waals surface area contributed by atoms with Crippen LogP contribution in [0.1, 0.15) is 32.6 Å². The molecular weight excluding hydrogens is 208 g/mol. The lowest BCUT2D eigenvalue weighted by Gasteiger charge is -2.35. The summed E-state index contributed by atoms with van der Waals surface area (Å²) in [7, 11) is 0. The van der Waals surface area contributed by atoms with Crippen molar-refractivity contribution in [1.82, 2.24) is 5.43 Å². The van der Waals surface area contributed by atoms with E-state index in [4.69, 9.17) is 10.6 Å². The largest absolute Gasteiger partial charge is 0.501 e. The van der Waals surface area contributed by atoms with Gasteiger partial charge in [0.05, 0.1) is 18.9 Å². The molecule has 86 valence electrons. The van der Waals surface area contributed by atoms with Crippen molar-refractivity contribution < 1.29 is 4.74 Å². The van der Waals surface area contributed by atoms with Crippen molar-refractivity contribution in [3.63, 3.8) is 0 Å². The van der Waals surface area contributed by atoms with Gasteiger partial charge in [0.25, 0.3) is 0 Å². The van der Waals surface area contributed by atoms with Crippen molar-refractivity contribution in [3.8, 4) is 0 Å². The Balaban J connectivity index is 2.11. The molecule has 0 bridgehead atoms. The highest BCUT2D eigenvalue weighted by molar-refractivity contribution is 8.00. The van der Waals surface area contributed by atoms with Crippen LogP contribution in [0.5, 0.6) is 0 Å². The van der Waals surface area contributed by atoms with E-state index >= 15 is 0 Å². The molecule has 0 spiro atoms. The number of nitrogens with one attached hydrogen (secondary N) is 1. The minimum atomic E-state index is 0.251. The number of thioether (sulfide) groups is 1. The normalized spacial score (nSPS) is 33.3. The summed E-state index contributed by atoms with van der Waals surface area (Å²) in [4.78, 5) is 0. The van der Waals surface area contributed by atoms with E-state index in [1.54, 1.807) is 0 Å². The summed E-state index contributed by atoms with van der Waals surface area (Å²) in [6.45, 7) is 3.16. The Morgan fingerprint density at radius 3 is 3.00 bits per heavy atom. The van der Waals surface area contributed by atoms with Crippen molar-refractivity contribution in [2.45, 2.75) is 43.4 Å². The quantitative estimate of drug-likeness (QED) is 0.571. The second-order valence-corrected chi connectivity index (χ2v) is 6.16. The predicted molar refractivity (Wildman–Crippen MR) is 64.5 cm³/mol. The standard InChI is InChI=1S/C11H20N2OS/c1-11(5-3-7-15-11)10(13-12)9-4-2-6-14-8-9/h8,10,13H,2-7,12H2,1H3. The average molecular weight is 228 g/mol. The zero-order valence-electron chi connectivity index (χ0n) is 9.29. The van der Waals surface area contributed by atoms with Crippen LogP contribution in [0.2, 0.25) is 0 Å². The molecule has 2 aliphatic rings. The minimum absolute atomic E-state index is 0.251. The first-order chi connectivity index (χ1) is 7.26. The molecule has 0 amide bonds. The number of ether oxygens (including phenoxy) is 1. The topological polar surface area (TPSA) is 47.3 Å². The summed E-state index contributed by atoms with van der Waals surface area (Å²) >= 11 is 2.03. The van der Waals surface area contributed by atoms with Gasteiger partial charge in [0, 0.05) is 4.75 Å². The summed E-state index contributed by atoms with van der Waals surface area (Å²) in [6, 6.07) is 0.269. The van der Waals surface area contributed by atoms with Crippen LogP contribution >= 0.6 is 11.8 Å². The molecule has 0 aromatic rings. The average Bonchev–Trinajstić information content (AvgIpc) is 2.68. The lowest BCUT2D eigenvalue weighted by Crippen LogP contribution is -2.50. The number of rotatable bonds is 3. The van der Waals surface area contributed by atoms with E-state index in [0.29, 0.717) is 0 Å². The van der Waals surface area contributed by atoms with E-state index in [-0.39, 0.29) is 10.8 Å². The fourth-order valence-corrected chi connectivity index (χ4v) is 3.93. The number of nitrogens with two attached hydrogens (primary N) is 1. The maximum atomic E-state index is 5.71. The van der Waals surface area contributed by atoms with Gasteiger partial charge in [-0.2, -0.15) is 11.8 Å². The molecule has 0 aliphatic carbocycles. The van der Waals surface area contributed by atoms with Gasteiger partial charge in [0.1, 0.15) is 0 Å². The maximum Gasteiger partial charge on any atom is 0.0876 e. The third-order valence-electron chi connectivity index (χ3n) is 3.36. The van der Waals surface area contributed by atoms with Gasteiger partial charge >= 0.3 is 0 Å². The van der Waals surface area contributed by atoms with Crippen molar-refractivity contribution in [1.29, 1.82) is 0 Å². The first kappa shape index (κ1) is 11.3. The van der Waals surface area contributed by atoms with Crippen LogP contribution in [0.4, 0.5) is 0 Å². The molecule has 2 atom stereocenters. The Bertz CT molecular complexity index is 249. The van der Waals surface area contributed by atoms with Gasteiger partial charge in [0.15, 0.2) is 0 Å². The Morgan fingerprint density at radius 2 is 2.47 bits per heavy atom. The molecule has 3 nitrogen and oxygen atoms in total. The molecule has 0 saturated carbocycles. The van der Waals surface area contributed by atoms with Gasteiger partial charge in [0.2, 0.25) is 0 Å². The molecular formula is C11H20N2OS. The van der Waals surface area contributed by atoms with E-state index in [9.17, 15) is 0 Å². The molecule has 0 aromatic carbocycles. The number of hydrogen-bond acceptors (Lipinski definition) is 4. The Morgan fingerprint density at radius 1 is 1.60 bits per heavy atom. The summed E-state index contributed by atoms with van der Waals surface area (Å²) in [5, 5.41) is 0. The highest BCUT2D eigenvalue weighted by Gasteiger charge is 2.39. The number of hydrogen-bond donors (Lipinski definition) is 2. The zero-order valence-corrected chi connectivity index (χ0v) is 10.1. The molecule has 2 unspecified atom stereocenters. The fraction of sp³-hybridized carbons (Fsp3) is 0.818. The van der Waals surface area contributed by atoms with Gasteiger partial charge < -0.3 is 4.74 Å². The predicted octanol–water partition coefficient (Wildman–Crippen LogP) is 1.80. The first-order valence-corrected chi connectivity index (χ1v) is 6.65. The van der Waals surface area contributed by atoms with Crippen molar-refractivity contribution in [2.75, 3.05) is 12.4 Å². The fourth-order valence-electron chi connectivity index (χ4n) is 2.50. The van der Waals surface area contributed by atoms with E-state index < -0.39 is 0 Å². The second kappa shape index (κ2) is 4.76. The lowest BCUT2D eigenvalue weighted by atomic mass is 9.88. The van der Waals surface area contributed by atoms with E-state index in [2.05, 4.69) is 12.3 Å². The van der Waals surface area contributed by atoms with Crippen LogP contribution in [0, 0.1) is 0 Å². The lowest BCUT2D eigenvalue weighted by molar-refractivity contribution is 0.216. The van der Waals surface area contributed by atoms with Crippen LogP contribution < -0.4 is 11.3 Å². The van der Waals surface area contributed by atoms with E-state index in [0.717, 1.165) is 19.4 Å². The van der Waals surface area contributed by atoms with Crippen molar-refractivity contribution >= 4 is 11.8 Å². The van der Waals surface area contributed by atoms with Crippen molar-refractivity contribution in [2.24, 2.45) is 5.84 Å². The van der Waals surface area contributed by atoms with Gasteiger partial charge in [-0.3, -0.25) is 11.3 Å². The molecule has 3 N–H and O–H groups in total. The maximum absolute atomic E-state index is 5.71. The highest BCUT2D eigenvalue weighted by Crippen LogP contribution is 2.43. The third-order valence-corrected chi connectivity index (χ3v) is 4.95. The Labute approximate surface area is 95.8 Å². The first-order valence-electron chi connectivity index (χ1n) is 5.67. The van der Waals surface area contributed by atoms with Crippen molar-refractivity contribution in [3.05, 3.63) is 11.8 Å². The Kier molecular flexibility index (Phi) is 3.59. The van der Waals surface area contributed by atoms with E-state index in [1.165, 1.54) is 24.2 Å². The monoisotopic (exact) mass is 228 g/mol. The molecule has 0 radical (unpaired) electrons. The summed E-state index contributed by atoms with van der Waals surface area (Å²) in [5.74, 6) is 6.96. The molecule has 2 heterocycles. The summed E-state index contributed by atoms with van der Waals surface area (Å²) in [5.41, 5.74) is 4.32. The van der Waals surface area contributed by atoms with Gasteiger partial charge in [-0.25, -0.2) is 0 Å². The molecule has 1 saturated heterocycles. The summed E-state index contributed by atoms with van der Waals surface area (Å²) < 4.78 is 5.65. The molecule has 2 rings (SSSR count). The molecule has 1 fully saturated rings. The van der Waals surface area contributed by atoms with E-state index in [1.807, 2.05) is 18.0 Å².